The Morgan fingerprint density at radius 2 is 2.00 bits per heavy atom. The third-order valence-corrected chi connectivity index (χ3v) is 3.19. The zero-order valence-electron chi connectivity index (χ0n) is 5.93. The molecule has 0 aromatic heterocycles. The van der Waals surface area contributed by atoms with Crippen molar-refractivity contribution < 1.29 is 12.8 Å². The van der Waals surface area contributed by atoms with Crippen LogP contribution >= 0.6 is 0 Å². The van der Waals surface area contributed by atoms with Gasteiger partial charge in [-0.25, -0.2) is 0 Å². The predicted octanol–water partition coefficient (Wildman–Crippen LogP) is -0.555. The molecule has 6 heteroatoms. The van der Waals surface area contributed by atoms with Crippen molar-refractivity contribution in [3.63, 3.8) is 0 Å². The fraction of sp³-hybridized carbons (Fsp3) is 0. The first kappa shape index (κ1) is 9.03. The van der Waals surface area contributed by atoms with Gasteiger partial charge in [-0.15, -0.1) is 0 Å². The van der Waals surface area contributed by atoms with Crippen LogP contribution in [-0.2, 0) is 3.74 Å². The molecule has 0 fully saturated rings. The molecule has 0 aliphatic heterocycles. The van der Waals surface area contributed by atoms with Crippen LogP contribution in [0.2, 0.25) is 0 Å². The first-order valence-corrected chi connectivity index (χ1v) is 5.94. The Labute approximate surface area is 72.6 Å². The van der Waals surface area contributed by atoms with Crippen molar-refractivity contribution in [3.8, 4) is 0 Å². The third-order valence-electron chi connectivity index (χ3n) is 1.33. The molecule has 1 N–H and O–H groups in total. The van der Waals surface area contributed by atoms with Crippen molar-refractivity contribution in [2.24, 2.45) is 0 Å². The number of nitrogens with zero attached hydrogens (tertiary/aromatic N) is 1. The molecule has 0 radical (unpaired) electrons. The van der Waals surface area contributed by atoms with E-state index < -0.39 is 19.9 Å². The van der Waals surface area contributed by atoms with E-state index in [1.54, 1.807) is 0 Å². The van der Waals surface area contributed by atoms with Crippen LogP contribution in [0.5, 0.6) is 0 Å². The van der Waals surface area contributed by atoms with Crippen LogP contribution in [0, 0.1) is 10.1 Å². The second-order valence-corrected chi connectivity index (χ2v) is 4.49. The molecule has 1 aromatic rings. The van der Waals surface area contributed by atoms with E-state index in [-0.39, 0.29) is 10.0 Å². The molecule has 0 saturated heterocycles. The topological polar surface area (TPSA) is 80.4 Å². The summed E-state index contributed by atoms with van der Waals surface area (Å²) in [4.78, 5) is 9.65. The summed E-state index contributed by atoms with van der Waals surface area (Å²) in [6.07, 6.45) is 0. The van der Waals surface area contributed by atoms with E-state index >= 15 is 0 Å². The van der Waals surface area contributed by atoms with Crippen molar-refractivity contribution in [2.45, 2.75) is 0 Å². The van der Waals surface area contributed by atoms with E-state index in [2.05, 4.69) is 0 Å². The van der Waals surface area contributed by atoms with Gasteiger partial charge in [0.2, 0.25) is 0 Å². The molecule has 1 unspecified atom stereocenters. The summed E-state index contributed by atoms with van der Waals surface area (Å²) in [5.74, 6) is 0. The number of nitro groups is 1. The molecule has 0 bridgehead atoms. The van der Waals surface area contributed by atoms with Crippen LogP contribution < -0.4 is 4.35 Å². The van der Waals surface area contributed by atoms with Gasteiger partial charge in [0.15, 0.2) is 0 Å². The summed E-state index contributed by atoms with van der Waals surface area (Å²) in [6.45, 7) is 0. The molecule has 1 aromatic carbocycles. The monoisotopic (exact) mass is 231 g/mol. The Hall–Kier alpha value is -1.06. The molecule has 1 atom stereocenters. The summed E-state index contributed by atoms with van der Waals surface area (Å²) in [6, 6.07) is 5.49. The standard InChI is InChI=1S/C6H6AsNO4/c9-7(10)5-3-1-2-4-6(5)8(11)12/h1-4,7H,(H,9,10). The average molecular weight is 231 g/mol. The van der Waals surface area contributed by atoms with Gasteiger partial charge in [0.25, 0.3) is 0 Å². The Morgan fingerprint density at radius 3 is 2.42 bits per heavy atom. The molecule has 64 valence electrons. The maximum absolute atomic E-state index is 10.7. The number of nitro benzene ring substituents is 1. The second kappa shape index (κ2) is 3.56. The zero-order chi connectivity index (χ0) is 9.14. The van der Waals surface area contributed by atoms with Gasteiger partial charge in [-0.05, 0) is 0 Å². The average Bonchev–Trinajstić information content (AvgIpc) is 2.04. The van der Waals surface area contributed by atoms with Crippen molar-refractivity contribution in [1.82, 2.24) is 0 Å². The number of benzene rings is 1. The minimum absolute atomic E-state index is 0.0394. The van der Waals surface area contributed by atoms with Crippen LogP contribution in [0.3, 0.4) is 0 Å². The first-order valence-electron chi connectivity index (χ1n) is 3.09. The van der Waals surface area contributed by atoms with E-state index in [1.807, 2.05) is 0 Å². The molecular weight excluding hydrogens is 225 g/mol. The molecule has 0 spiro atoms. The molecule has 0 aliphatic carbocycles. The molecule has 0 aliphatic rings. The number of hydrogen-bond acceptors (Lipinski definition) is 3. The Balaban J connectivity index is 3.27. The van der Waals surface area contributed by atoms with E-state index in [0.717, 1.165) is 0 Å². The summed E-state index contributed by atoms with van der Waals surface area (Å²) in [7, 11) is 0. The van der Waals surface area contributed by atoms with Crippen LogP contribution in [0.1, 0.15) is 0 Å². The molecule has 5 nitrogen and oxygen atoms in total. The van der Waals surface area contributed by atoms with Gasteiger partial charge >= 0.3 is 72.1 Å². The second-order valence-electron chi connectivity index (χ2n) is 2.08. The van der Waals surface area contributed by atoms with Crippen LogP contribution in [0.15, 0.2) is 24.3 Å². The van der Waals surface area contributed by atoms with Crippen LogP contribution in [0.4, 0.5) is 5.69 Å². The summed E-state index contributed by atoms with van der Waals surface area (Å²) in [5.41, 5.74) is -0.273. The molecule has 12 heavy (non-hydrogen) atoms. The van der Waals surface area contributed by atoms with Gasteiger partial charge < -0.3 is 0 Å². The zero-order valence-corrected chi connectivity index (χ0v) is 8.03. The van der Waals surface area contributed by atoms with E-state index in [0.29, 0.717) is 0 Å². The molecule has 0 amide bonds. The summed E-state index contributed by atoms with van der Waals surface area (Å²) >= 11 is -3.57. The fourth-order valence-electron chi connectivity index (χ4n) is 0.814. The van der Waals surface area contributed by atoms with Crippen molar-refractivity contribution >= 4 is 25.0 Å². The Morgan fingerprint density at radius 1 is 1.42 bits per heavy atom. The van der Waals surface area contributed by atoms with Crippen molar-refractivity contribution in [3.05, 3.63) is 34.4 Å². The quantitative estimate of drug-likeness (QED) is 0.420. The van der Waals surface area contributed by atoms with Crippen molar-refractivity contribution in [1.29, 1.82) is 0 Å². The molecule has 0 saturated carbocycles. The van der Waals surface area contributed by atoms with Gasteiger partial charge in [0.1, 0.15) is 0 Å². The summed E-state index contributed by atoms with van der Waals surface area (Å²) < 4.78 is 19.4. The molecule has 1 rings (SSSR count). The van der Waals surface area contributed by atoms with Gasteiger partial charge in [-0.3, -0.25) is 0 Å². The first-order chi connectivity index (χ1) is 5.63. The van der Waals surface area contributed by atoms with Gasteiger partial charge in [-0.2, -0.15) is 0 Å². The van der Waals surface area contributed by atoms with Gasteiger partial charge in [-0.1, -0.05) is 0 Å². The number of rotatable bonds is 2. The Kier molecular flexibility index (Phi) is 2.68. The maximum atomic E-state index is 10.7. The van der Waals surface area contributed by atoms with Crippen molar-refractivity contribution in [2.75, 3.05) is 0 Å². The van der Waals surface area contributed by atoms with Gasteiger partial charge in [0.05, 0.1) is 0 Å². The van der Waals surface area contributed by atoms with Crippen LogP contribution in [0.25, 0.3) is 0 Å². The predicted molar refractivity (Wildman–Crippen MR) is 42.8 cm³/mol. The van der Waals surface area contributed by atoms with E-state index in [4.69, 9.17) is 4.10 Å². The number of para-hydroxylation sites is 1. The van der Waals surface area contributed by atoms with E-state index in [9.17, 15) is 13.9 Å². The van der Waals surface area contributed by atoms with E-state index in [1.165, 1.54) is 24.3 Å². The normalized spacial score (nSPS) is 12.4. The van der Waals surface area contributed by atoms with Gasteiger partial charge in [0, 0.05) is 0 Å². The Bertz CT molecular complexity index is 305. The van der Waals surface area contributed by atoms with Crippen LogP contribution in [-0.4, -0.2) is 24.0 Å². The minimum atomic E-state index is -3.57. The molecule has 0 heterocycles. The molecular formula is C6H6AsNO4. The number of hydrogen-bond donors (Lipinski definition) is 1. The fourth-order valence-corrected chi connectivity index (χ4v) is 2.14. The SMILES string of the molecule is O=[N+]([O-])c1ccccc1[AsH](=O)O. The summed E-state index contributed by atoms with van der Waals surface area (Å²) in [5, 5.41) is 10.3. The third kappa shape index (κ3) is 1.75.